The Morgan fingerprint density at radius 2 is 1.36 bits per heavy atom. The normalized spacial score (nSPS) is 11.2. The number of nitrogens with zero attached hydrogens (tertiary/aromatic N) is 5. The Labute approximate surface area is 286 Å². The molecule has 0 aliphatic heterocycles. The van der Waals surface area contributed by atoms with Gasteiger partial charge >= 0.3 is 21.1 Å². The standard InChI is InChI=1S/C41H25N5.Pt/c1-2-12-28(13-3-1)32-16-4-6-20-37(32)45(30-15-10-14-29(26-30)35-18-8-9-24-42-35)31-22-23-38-34(27-31)40-33(17-11-25-43-40)41-44-36-19-5-7-21-39(36)46(38)41;/h1-25H;/q-2;+2. The Bertz CT molecular complexity index is 2540. The summed E-state index contributed by atoms with van der Waals surface area (Å²) in [6.45, 7) is 0. The summed E-state index contributed by atoms with van der Waals surface area (Å²) in [4.78, 5) is 16.7. The molecule has 0 saturated carbocycles. The number of rotatable bonds is 5. The summed E-state index contributed by atoms with van der Waals surface area (Å²) < 4.78 is 2.23. The smallest absolute Gasteiger partial charge is 0.346 e. The number of aromatic nitrogens is 4. The first kappa shape index (κ1) is 28.8. The summed E-state index contributed by atoms with van der Waals surface area (Å²) in [6, 6.07) is 55.3. The van der Waals surface area contributed by atoms with Crippen LogP contribution >= 0.6 is 0 Å². The molecule has 0 aliphatic carbocycles. The van der Waals surface area contributed by atoms with Crippen LogP contribution in [0.25, 0.3) is 60.9 Å². The second-order valence-electron chi connectivity index (χ2n) is 11.1. The van der Waals surface area contributed by atoms with Gasteiger partial charge in [-0.15, -0.1) is 48.0 Å². The molecular formula is C41H25N5Pt. The maximum absolute atomic E-state index is 5.02. The summed E-state index contributed by atoms with van der Waals surface area (Å²) in [6.07, 6.45) is 3.65. The van der Waals surface area contributed by atoms with Crippen LogP contribution in [0.3, 0.4) is 0 Å². The molecule has 0 radical (unpaired) electrons. The maximum Gasteiger partial charge on any atom is 2.00 e. The molecule has 5 aromatic carbocycles. The summed E-state index contributed by atoms with van der Waals surface area (Å²) in [5.41, 5.74) is 11.6. The fraction of sp³-hybridized carbons (Fsp3) is 0. The predicted molar refractivity (Wildman–Crippen MR) is 187 cm³/mol. The monoisotopic (exact) mass is 782 g/mol. The average molecular weight is 783 g/mol. The molecule has 0 saturated heterocycles. The van der Waals surface area contributed by atoms with Gasteiger partial charge in [0.1, 0.15) is 5.65 Å². The summed E-state index contributed by atoms with van der Waals surface area (Å²) in [7, 11) is 0. The van der Waals surface area contributed by atoms with Gasteiger partial charge in [-0.05, 0) is 58.5 Å². The number of imidazole rings is 1. The zero-order valence-electron chi connectivity index (χ0n) is 25.0. The fourth-order valence-electron chi connectivity index (χ4n) is 6.39. The quantitative estimate of drug-likeness (QED) is 0.129. The minimum Gasteiger partial charge on any atom is -0.346 e. The first-order chi connectivity index (χ1) is 22.8. The van der Waals surface area contributed by atoms with Gasteiger partial charge in [0.05, 0.1) is 16.7 Å². The van der Waals surface area contributed by atoms with Gasteiger partial charge in [0.2, 0.25) is 0 Å². The van der Waals surface area contributed by atoms with Crippen molar-refractivity contribution in [2.24, 2.45) is 0 Å². The van der Waals surface area contributed by atoms with Crippen LogP contribution in [0.2, 0.25) is 0 Å². The predicted octanol–water partition coefficient (Wildman–Crippen LogP) is 9.99. The number of anilines is 3. The van der Waals surface area contributed by atoms with Crippen LogP contribution in [-0.4, -0.2) is 19.4 Å². The Morgan fingerprint density at radius 3 is 2.26 bits per heavy atom. The van der Waals surface area contributed by atoms with Gasteiger partial charge in [0.15, 0.2) is 0 Å². The molecule has 4 aromatic heterocycles. The van der Waals surface area contributed by atoms with Crippen molar-refractivity contribution in [1.29, 1.82) is 0 Å². The molecule has 9 aromatic rings. The van der Waals surface area contributed by atoms with E-state index >= 15 is 0 Å². The molecule has 6 heteroatoms. The van der Waals surface area contributed by atoms with Gasteiger partial charge in [0, 0.05) is 28.9 Å². The van der Waals surface area contributed by atoms with E-state index in [1.807, 2.05) is 48.8 Å². The molecule has 5 nitrogen and oxygen atoms in total. The van der Waals surface area contributed by atoms with E-state index in [0.717, 1.165) is 77.9 Å². The molecule has 4 heterocycles. The fourth-order valence-corrected chi connectivity index (χ4v) is 6.39. The van der Waals surface area contributed by atoms with Crippen LogP contribution < -0.4 is 4.90 Å². The summed E-state index contributed by atoms with van der Waals surface area (Å²) >= 11 is 0. The van der Waals surface area contributed by atoms with E-state index in [9.17, 15) is 0 Å². The van der Waals surface area contributed by atoms with Crippen molar-refractivity contribution < 1.29 is 21.1 Å². The topological polar surface area (TPSA) is 46.3 Å². The van der Waals surface area contributed by atoms with Crippen molar-refractivity contribution in [2.45, 2.75) is 0 Å². The van der Waals surface area contributed by atoms with Crippen molar-refractivity contribution in [3.05, 3.63) is 164 Å². The van der Waals surface area contributed by atoms with Gasteiger partial charge < -0.3 is 19.3 Å². The summed E-state index contributed by atoms with van der Waals surface area (Å²) in [5.74, 6) is 0. The summed E-state index contributed by atoms with van der Waals surface area (Å²) in [5, 5.41) is 1.91. The number of para-hydroxylation sites is 3. The second-order valence-corrected chi connectivity index (χ2v) is 11.1. The largest absolute Gasteiger partial charge is 2.00 e. The Hall–Kier alpha value is -5.64. The molecule has 9 rings (SSSR count). The number of pyridine rings is 3. The van der Waals surface area contributed by atoms with Gasteiger partial charge in [0.25, 0.3) is 0 Å². The Morgan fingerprint density at radius 1 is 0.574 bits per heavy atom. The molecule has 0 N–H and O–H groups in total. The zero-order valence-corrected chi connectivity index (χ0v) is 27.3. The van der Waals surface area contributed by atoms with Crippen LogP contribution in [0, 0.1) is 12.1 Å². The Kier molecular flexibility index (Phi) is 7.32. The minimum absolute atomic E-state index is 0. The molecule has 0 unspecified atom stereocenters. The molecule has 224 valence electrons. The van der Waals surface area contributed by atoms with Gasteiger partial charge in [-0.25, -0.2) is 4.98 Å². The first-order valence-electron chi connectivity index (χ1n) is 15.2. The van der Waals surface area contributed by atoms with Crippen LogP contribution in [0.4, 0.5) is 17.1 Å². The van der Waals surface area contributed by atoms with Crippen molar-refractivity contribution in [3.63, 3.8) is 0 Å². The second kappa shape index (κ2) is 11.9. The molecule has 0 fully saturated rings. The number of hydrogen-bond donors (Lipinski definition) is 0. The van der Waals surface area contributed by atoms with E-state index in [0.29, 0.717) is 0 Å². The van der Waals surface area contributed by atoms with Crippen LogP contribution in [0.15, 0.2) is 152 Å². The minimum atomic E-state index is 0. The molecule has 0 amide bonds. The third-order valence-corrected chi connectivity index (χ3v) is 8.43. The molecule has 0 aliphatic rings. The first-order valence-corrected chi connectivity index (χ1v) is 15.2. The maximum atomic E-state index is 5.02. The van der Waals surface area contributed by atoms with Crippen LogP contribution in [0.1, 0.15) is 0 Å². The van der Waals surface area contributed by atoms with Gasteiger partial charge in [-0.1, -0.05) is 84.2 Å². The Balaban J connectivity index is 0.00000324. The molecule has 0 spiro atoms. The molecule has 47 heavy (non-hydrogen) atoms. The number of benzene rings is 5. The van der Waals surface area contributed by atoms with Gasteiger partial charge in [-0.3, -0.25) is 0 Å². The third-order valence-electron chi connectivity index (χ3n) is 8.43. The van der Waals surface area contributed by atoms with E-state index in [1.165, 1.54) is 0 Å². The van der Waals surface area contributed by atoms with E-state index in [1.54, 1.807) is 0 Å². The van der Waals surface area contributed by atoms with Crippen molar-refractivity contribution in [2.75, 3.05) is 4.90 Å². The van der Waals surface area contributed by atoms with E-state index in [-0.39, 0.29) is 21.1 Å². The molecule has 0 bridgehead atoms. The zero-order chi connectivity index (χ0) is 30.5. The van der Waals surface area contributed by atoms with Gasteiger partial charge in [-0.2, -0.15) is 0 Å². The third kappa shape index (κ3) is 4.88. The molecule has 0 atom stereocenters. The van der Waals surface area contributed by atoms with Crippen molar-refractivity contribution >= 4 is 55.5 Å². The number of hydrogen-bond acceptors (Lipinski definition) is 4. The number of fused-ring (bicyclic) bond motifs is 8. The SMILES string of the molecule is [Pt+2].[c-]1c(-c2ccccn2)cccc1N(c1[c-]c2c3ncccc3c3nc4ccccc4n3c2cc1)c1ccccc1-c1ccccc1. The van der Waals surface area contributed by atoms with E-state index < -0.39 is 0 Å². The van der Waals surface area contributed by atoms with E-state index in [2.05, 4.69) is 130 Å². The van der Waals surface area contributed by atoms with E-state index in [4.69, 9.17) is 9.97 Å². The van der Waals surface area contributed by atoms with Crippen LogP contribution in [0.5, 0.6) is 0 Å². The van der Waals surface area contributed by atoms with Crippen molar-refractivity contribution in [3.8, 4) is 22.4 Å². The average Bonchev–Trinajstić information content (AvgIpc) is 3.53. The van der Waals surface area contributed by atoms with Crippen molar-refractivity contribution in [1.82, 2.24) is 19.4 Å². The molecular weight excluding hydrogens is 758 g/mol. The van der Waals surface area contributed by atoms with Crippen LogP contribution in [-0.2, 0) is 21.1 Å².